The normalized spacial score (nSPS) is 15.0. The fourth-order valence-electron chi connectivity index (χ4n) is 5.22. The number of hydrogen-bond acceptors (Lipinski definition) is 4. The van der Waals surface area contributed by atoms with Gasteiger partial charge in [0.15, 0.2) is 0 Å². The molecule has 3 aromatic carbocycles. The van der Waals surface area contributed by atoms with Gasteiger partial charge in [0.2, 0.25) is 0 Å². The highest BCUT2D eigenvalue weighted by Crippen LogP contribution is 2.32. The second-order valence-electron chi connectivity index (χ2n) is 9.41. The average Bonchev–Trinajstić information content (AvgIpc) is 2.89. The third-order valence-corrected chi connectivity index (χ3v) is 7.09. The predicted molar refractivity (Wildman–Crippen MR) is 140 cm³/mol. The maximum atomic E-state index is 12.5. The number of fused-ring (bicyclic) bond motifs is 1. The molecule has 2 heterocycles. The Morgan fingerprint density at radius 3 is 2.26 bits per heavy atom. The zero-order valence-electron chi connectivity index (χ0n) is 20.1. The Morgan fingerprint density at radius 1 is 0.943 bits per heavy atom. The average molecular weight is 466 g/mol. The van der Waals surface area contributed by atoms with Crippen LogP contribution in [0.25, 0.3) is 22.2 Å². The molecule has 1 aromatic heterocycles. The topological polar surface area (TPSA) is 56.7 Å². The SMILES string of the molecule is CN(Cc1c(-c2ccccc2)nc2ccccc2c1C(=O)O)C1CCN(Cc2ccccc2)CC1. The van der Waals surface area contributed by atoms with Crippen molar-refractivity contribution in [3.8, 4) is 11.3 Å². The highest BCUT2D eigenvalue weighted by molar-refractivity contribution is 6.05. The Balaban J connectivity index is 1.41. The highest BCUT2D eigenvalue weighted by Gasteiger charge is 2.27. The molecule has 5 heteroatoms. The Morgan fingerprint density at radius 2 is 1.57 bits per heavy atom. The molecule has 5 nitrogen and oxygen atoms in total. The van der Waals surface area contributed by atoms with Crippen LogP contribution in [0.15, 0.2) is 84.9 Å². The lowest BCUT2D eigenvalue weighted by atomic mass is 9.95. The first kappa shape index (κ1) is 23.2. The van der Waals surface area contributed by atoms with Crippen LogP contribution in [0.1, 0.15) is 34.3 Å². The zero-order valence-corrected chi connectivity index (χ0v) is 20.1. The molecular formula is C30H31N3O2. The van der Waals surface area contributed by atoms with Crippen LogP contribution in [-0.4, -0.2) is 52.0 Å². The number of hydrogen-bond donors (Lipinski definition) is 1. The van der Waals surface area contributed by atoms with Crippen molar-refractivity contribution in [1.29, 1.82) is 0 Å². The molecule has 1 aliphatic heterocycles. The van der Waals surface area contributed by atoms with E-state index in [1.165, 1.54) is 5.56 Å². The van der Waals surface area contributed by atoms with E-state index in [4.69, 9.17) is 4.98 Å². The second kappa shape index (κ2) is 10.4. The van der Waals surface area contributed by atoms with Gasteiger partial charge in [-0.05, 0) is 44.6 Å². The van der Waals surface area contributed by atoms with Crippen molar-refractivity contribution in [2.75, 3.05) is 20.1 Å². The molecule has 4 aromatic rings. The quantitative estimate of drug-likeness (QED) is 0.380. The largest absolute Gasteiger partial charge is 0.478 e. The van der Waals surface area contributed by atoms with Crippen LogP contribution in [-0.2, 0) is 13.1 Å². The zero-order chi connectivity index (χ0) is 24.2. The minimum atomic E-state index is -0.901. The molecule has 0 radical (unpaired) electrons. The monoisotopic (exact) mass is 465 g/mol. The van der Waals surface area contributed by atoms with Crippen LogP contribution in [0.5, 0.6) is 0 Å². The van der Waals surface area contributed by atoms with E-state index in [0.717, 1.165) is 49.3 Å². The number of likely N-dealkylation sites (tertiary alicyclic amines) is 1. The summed E-state index contributed by atoms with van der Waals surface area (Å²) in [6.07, 6.45) is 2.13. The summed E-state index contributed by atoms with van der Waals surface area (Å²) in [5.74, 6) is -0.901. The van der Waals surface area contributed by atoms with Gasteiger partial charge in [0.05, 0.1) is 16.8 Å². The lowest BCUT2D eigenvalue weighted by Gasteiger charge is -2.37. The first-order chi connectivity index (χ1) is 17.1. The van der Waals surface area contributed by atoms with Gasteiger partial charge >= 0.3 is 5.97 Å². The summed E-state index contributed by atoms with van der Waals surface area (Å²) in [6, 6.07) is 28.5. The fraction of sp³-hybridized carbons (Fsp3) is 0.267. The summed E-state index contributed by atoms with van der Waals surface area (Å²) in [7, 11) is 2.12. The maximum Gasteiger partial charge on any atom is 0.336 e. The summed E-state index contributed by atoms with van der Waals surface area (Å²) in [4.78, 5) is 22.3. The van der Waals surface area contributed by atoms with Crippen molar-refractivity contribution < 1.29 is 9.90 Å². The van der Waals surface area contributed by atoms with E-state index in [9.17, 15) is 9.90 Å². The molecule has 0 amide bonds. The molecule has 1 N–H and O–H groups in total. The molecule has 178 valence electrons. The molecule has 1 fully saturated rings. The lowest BCUT2D eigenvalue weighted by Crippen LogP contribution is -2.43. The van der Waals surface area contributed by atoms with Crippen LogP contribution < -0.4 is 0 Å². The number of carboxylic acid groups (broad SMARTS) is 1. The second-order valence-corrected chi connectivity index (χ2v) is 9.41. The number of carboxylic acids is 1. The van der Waals surface area contributed by atoms with Crippen molar-refractivity contribution in [2.45, 2.75) is 32.0 Å². The van der Waals surface area contributed by atoms with Crippen molar-refractivity contribution in [3.05, 3.63) is 102 Å². The van der Waals surface area contributed by atoms with Gasteiger partial charge in [0, 0.05) is 35.6 Å². The number of aromatic nitrogens is 1. The third-order valence-electron chi connectivity index (χ3n) is 7.09. The van der Waals surface area contributed by atoms with E-state index in [1.54, 1.807) is 0 Å². The number of nitrogens with zero attached hydrogens (tertiary/aromatic N) is 3. The maximum absolute atomic E-state index is 12.5. The van der Waals surface area contributed by atoms with Crippen LogP contribution in [0.4, 0.5) is 0 Å². The molecule has 1 aliphatic rings. The summed E-state index contributed by atoms with van der Waals surface area (Å²) in [6.45, 7) is 3.61. The fourth-order valence-corrected chi connectivity index (χ4v) is 5.22. The van der Waals surface area contributed by atoms with Gasteiger partial charge in [-0.1, -0.05) is 78.9 Å². The van der Waals surface area contributed by atoms with Crippen LogP contribution in [0.3, 0.4) is 0 Å². The van der Waals surface area contributed by atoms with Crippen molar-refractivity contribution in [1.82, 2.24) is 14.8 Å². The van der Waals surface area contributed by atoms with Gasteiger partial charge in [-0.3, -0.25) is 9.80 Å². The smallest absolute Gasteiger partial charge is 0.336 e. The number of carbonyl (C=O) groups is 1. The van der Waals surface area contributed by atoms with Crippen LogP contribution in [0, 0.1) is 0 Å². The van der Waals surface area contributed by atoms with Gasteiger partial charge in [0.25, 0.3) is 0 Å². The van der Waals surface area contributed by atoms with E-state index < -0.39 is 5.97 Å². The van der Waals surface area contributed by atoms with Gasteiger partial charge < -0.3 is 5.11 Å². The Bertz CT molecular complexity index is 1300. The molecule has 1 saturated heterocycles. The van der Waals surface area contributed by atoms with Crippen LogP contribution >= 0.6 is 0 Å². The standard InChI is InChI=1S/C30H31N3O2/c1-32(24-16-18-33(19-17-24)20-22-10-4-2-5-11-22)21-26-28(30(34)35)25-14-8-9-15-27(25)31-29(26)23-12-6-3-7-13-23/h2-15,24H,16-21H2,1H3,(H,34,35). The minimum absolute atomic E-state index is 0.364. The summed E-state index contributed by atoms with van der Waals surface area (Å²) < 4.78 is 0. The summed E-state index contributed by atoms with van der Waals surface area (Å²) in [5, 5.41) is 11.0. The molecule has 35 heavy (non-hydrogen) atoms. The van der Waals surface area contributed by atoms with Crippen molar-refractivity contribution in [3.63, 3.8) is 0 Å². The van der Waals surface area contributed by atoms with E-state index in [-0.39, 0.29) is 0 Å². The number of para-hydroxylation sites is 1. The van der Waals surface area contributed by atoms with Gasteiger partial charge in [0.1, 0.15) is 0 Å². The van der Waals surface area contributed by atoms with Crippen LogP contribution in [0.2, 0.25) is 0 Å². The molecule has 0 unspecified atom stereocenters. The minimum Gasteiger partial charge on any atom is -0.478 e. The van der Waals surface area contributed by atoms with E-state index in [0.29, 0.717) is 29.1 Å². The predicted octanol–water partition coefficient (Wildman–Crippen LogP) is 5.70. The third kappa shape index (κ3) is 5.11. The first-order valence-corrected chi connectivity index (χ1v) is 12.3. The van der Waals surface area contributed by atoms with Gasteiger partial charge in [-0.2, -0.15) is 0 Å². The Hall–Kier alpha value is -3.54. The Kier molecular flexibility index (Phi) is 6.89. The molecule has 0 spiro atoms. The number of piperidine rings is 1. The van der Waals surface area contributed by atoms with Crippen molar-refractivity contribution in [2.24, 2.45) is 0 Å². The summed E-state index contributed by atoms with van der Waals surface area (Å²) >= 11 is 0. The molecule has 0 bridgehead atoms. The van der Waals surface area contributed by atoms with E-state index in [1.807, 2.05) is 54.6 Å². The molecule has 0 atom stereocenters. The summed E-state index contributed by atoms with van der Waals surface area (Å²) in [5.41, 5.74) is 4.92. The number of pyridine rings is 1. The lowest BCUT2D eigenvalue weighted by molar-refractivity contribution is 0.0695. The first-order valence-electron chi connectivity index (χ1n) is 12.3. The number of aromatic carboxylic acids is 1. The van der Waals surface area contributed by atoms with E-state index >= 15 is 0 Å². The molecule has 0 aliphatic carbocycles. The van der Waals surface area contributed by atoms with Gasteiger partial charge in [-0.25, -0.2) is 9.78 Å². The van der Waals surface area contributed by atoms with Gasteiger partial charge in [-0.15, -0.1) is 0 Å². The van der Waals surface area contributed by atoms with Crippen molar-refractivity contribution >= 4 is 16.9 Å². The molecule has 0 saturated carbocycles. The van der Waals surface area contributed by atoms with E-state index in [2.05, 4.69) is 47.2 Å². The number of rotatable bonds is 7. The molecular weight excluding hydrogens is 434 g/mol. The molecule has 5 rings (SSSR count). The highest BCUT2D eigenvalue weighted by atomic mass is 16.4. The Labute approximate surface area is 206 Å². The number of benzene rings is 3.